The fourth-order valence-corrected chi connectivity index (χ4v) is 2.19. The van der Waals surface area contributed by atoms with E-state index >= 15 is 0 Å². The Hall–Kier alpha value is -1.78. The van der Waals surface area contributed by atoms with Crippen molar-refractivity contribution >= 4 is 6.09 Å². The lowest BCUT2D eigenvalue weighted by Crippen LogP contribution is -2.38. The van der Waals surface area contributed by atoms with Gasteiger partial charge in [0.15, 0.2) is 0 Å². The Morgan fingerprint density at radius 1 is 1.56 bits per heavy atom. The van der Waals surface area contributed by atoms with Crippen molar-refractivity contribution in [2.24, 2.45) is 0 Å². The van der Waals surface area contributed by atoms with Gasteiger partial charge in [-0.15, -0.1) is 0 Å². The SMILES string of the molecule is CC1c2c(O)ccc(F)c2CCN1C(=O)O. The summed E-state index contributed by atoms with van der Waals surface area (Å²) in [4.78, 5) is 12.1. The molecule has 0 saturated heterocycles. The summed E-state index contributed by atoms with van der Waals surface area (Å²) in [6.07, 6.45) is -0.756. The molecule has 1 aliphatic rings. The predicted molar refractivity (Wildman–Crippen MR) is 54.9 cm³/mol. The van der Waals surface area contributed by atoms with E-state index in [-0.39, 0.29) is 18.1 Å². The second-order valence-electron chi connectivity index (χ2n) is 3.86. The molecular formula is C11H12FNO3. The molecule has 0 fully saturated rings. The number of phenols is 1. The van der Waals surface area contributed by atoms with Gasteiger partial charge in [-0.1, -0.05) is 0 Å². The molecule has 1 heterocycles. The number of hydrogen-bond donors (Lipinski definition) is 2. The van der Waals surface area contributed by atoms with Gasteiger partial charge in [0.05, 0.1) is 6.04 Å². The first-order chi connectivity index (χ1) is 7.52. The van der Waals surface area contributed by atoms with Gasteiger partial charge in [0.1, 0.15) is 11.6 Å². The van der Waals surface area contributed by atoms with Gasteiger partial charge >= 0.3 is 6.09 Å². The highest BCUT2D eigenvalue weighted by Crippen LogP contribution is 2.36. The molecule has 1 atom stereocenters. The summed E-state index contributed by atoms with van der Waals surface area (Å²) in [6, 6.07) is 1.95. The van der Waals surface area contributed by atoms with E-state index in [1.54, 1.807) is 6.92 Å². The number of nitrogens with zero attached hydrogens (tertiary/aromatic N) is 1. The number of rotatable bonds is 0. The molecule has 1 aromatic rings. The lowest BCUT2D eigenvalue weighted by atomic mass is 9.92. The zero-order chi connectivity index (χ0) is 11.9. The van der Waals surface area contributed by atoms with Crippen LogP contribution in [-0.4, -0.2) is 27.8 Å². The zero-order valence-electron chi connectivity index (χ0n) is 8.77. The maximum absolute atomic E-state index is 13.5. The first-order valence-electron chi connectivity index (χ1n) is 5.02. The molecule has 0 aromatic heterocycles. The minimum Gasteiger partial charge on any atom is -0.508 e. The average molecular weight is 225 g/mol. The maximum Gasteiger partial charge on any atom is 0.407 e. The van der Waals surface area contributed by atoms with Crippen LogP contribution in [-0.2, 0) is 6.42 Å². The molecule has 86 valence electrons. The Labute approximate surface area is 91.9 Å². The van der Waals surface area contributed by atoms with Crippen molar-refractivity contribution in [1.29, 1.82) is 0 Å². The lowest BCUT2D eigenvalue weighted by molar-refractivity contribution is 0.123. The first-order valence-corrected chi connectivity index (χ1v) is 5.02. The molecule has 1 amide bonds. The third-order valence-electron chi connectivity index (χ3n) is 3.01. The summed E-state index contributed by atoms with van der Waals surface area (Å²) in [5.74, 6) is -0.431. The Bertz CT molecular complexity index is 447. The fraction of sp³-hybridized carbons (Fsp3) is 0.364. The summed E-state index contributed by atoms with van der Waals surface area (Å²) >= 11 is 0. The number of halogens is 1. The highest BCUT2D eigenvalue weighted by molar-refractivity contribution is 5.67. The molecule has 1 unspecified atom stereocenters. The molecule has 1 aromatic carbocycles. The molecule has 0 aliphatic carbocycles. The second-order valence-corrected chi connectivity index (χ2v) is 3.86. The van der Waals surface area contributed by atoms with Gasteiger partial charge in [-0.3, -0.25) is 0 Å². The first kappa shape index (κ1) is 10.7. The van der Waals surface area contributed by atoms with Crippen LogP contribution in [0.5, 0.6) is 5.75 Å². The van der Waals surface area contributed by atoms with Crippen LogP contribution in [0.3, 0.4) is 0 Å². The number of carbonyl (C=O) groups is 1. The van der Waals surface area contributed by atoms with E-state index in [0.29, 0.717) is 17.5 Å². The number of amides is 1. The van der Waals surface area contributed by atoms with Crippen LogP contribution in [0, 0.1) is 5.82 Å². The van der Waals surface area contributed by atoms with Crippen LogP contribution < -0.4 is 0 Å². The lowest BCUT2D eigenvalue weighted by Gasteiger charge is -2.33. The maximum atomic E-state index is 13.5. The van der Waals surface area contributed by atoms with E-state index in [2.05, 4.69) is 0 Å². The Morgan fingerprint density at radius 2 is 2.25 bits per heavy atom. The van der Waals surface area contributed by atoms with E-state index < -0.39 is 12.1 Å². The van der Waals surface area contributed by atoms with Crippen LogP contribution in [0.2, 0.25) is 0 Å². The molecule has 1 aliphatic heterocycles. The van der Waals surface area contributed by atoms with Crippen molar-refractivity contribution in [3.05, 3.63) is 29.1 Å². The molecule has 16 heavy (non-hydrogen) atoms. The van der Waals surface area contributed by atoms with Crippen LogP contribution in [0.4, 0.5) is 9.18 Å². The van der Waals surface area contributed by atoms with Crippen LogP contribution in [0.15, 0.2) is 12.1 Å². The van der Waals surface area contributed by atoms with Gasteiger partial charge in [0, 0.05) is 12.1 Å². The standard InChI is InChI=1S/C11H12FNO3/c1-6-10-7(4-5-13(6)11(15)16)8(12)2-3-9(10)14/h2-3,6,14H,4-5H2,1H3,(H,15,16). The molecule has 0 saturated carbocycles. The zero-order valence-corrected chi connectivity index (χ0v) is 8.77. The van der Waals surface area contributed by atoms with E-state index in [4.69, 9.17) is 5.11 Å². The third-order valence-corrected chi connectivity index (χ3v) is 3.01. The van der Waals surface area contributed by atoms with E-state index in [9.17, 15) is 14.3 Å². The minimum absolute atomic E-state index is 0.0464. The summed E-state index contributed by atoms with van der Waals surface area (Å²) in [5.41, 5.74) is 0.804. The van der Waals surface area contributed by atoms with Gasteiger partial charge in [-0.25, -0.2) is 9.18 Å². The molecule has 2 rings (SSSR count). The highest BCUT2D eigenvalue weighted by atomic mass is 19.1. The van der Waals surface area contributed by atoms with Crippen molar-refractivity contribution in [2.45, 2.75) is 19.4 Å². The van der Waals surface area contributed by atoms with E-state index in [0.717, 1.165) is 0 Å². The molecule has 0 radical (unpaired) electrons. The summed E-state index contributed by atoms with van der Waals surface area (Å²) in [7, 11) is 0. The summed E-state index contributed by atoms with van der Waals surface area (Å²) in [5, 5.41) is 18.6. The number of hydrogen-bond acceptors (Lipinski definition) is 2. The van der Waals surface area contributed by atoms with Gasteiger partial charge in [0.2, 0.25) is 0 Å². The number of phenolic OH excluding ortho intramolecular Hbond substituents is 1. The molecular weight excluding hydrogens is 213 g/mol. The van der Waals surface area contributed by atoms with Gasteiger partial charge in [-0.05, 0) is 31.0 Å². The quantitative estimate of drug-likeness (QED) is 0.711. The minimum atomic E-state index is -1.05. The molecule has 0 bridgehead atoms. The molecule has 0 spiro atoms. The topological polar surface area (TPSA) is 60.8 Å². The van der Waals surface area contributed by atoms with Crippen LogP contribution in [0.1, 0.15) is 24.1 Å². The number of carboxylic acid groups (broad SMARTS) is 1. The molecule has 5 heteroatoms. The van der Waals surface area contributed by atoms with Crippen molar-refractivity contribution in [1.82, 2.24) is 4.90 Å². The van der Waals surface area contributed by atoms with Crippen molar-refractivity contribution < 1.29 is 19.4 Å². The second kappa shape index (κ2) is 3.66. The fourth-order valence-electron chi connectivity index (χ4n) is 2.19. The van der Waals surface area contributed by atoms with Crippen molar-refractivity contribution in [3.8, 4) is 5.75 Å². The van der Waals surface area contributed by atoms with E-state index in [1.165, 1.54) is 17.0 Å². The van der Waals surface area contributed by atoms with Gasteiger partial charge < -0.3 is 15.1 Å². The van der Waals surface area contributed by atoms with Crippen molar-refractivity contribution in [3.63, 3.8) is 0 Å². The van der Waals surface area contributed by atoms with Crippen LogP contribution >= 0.6 is 0 Å². The number of aromatic hydroxyl groups is 1. The predicted octanol–water partition coefficient (Wildman–Crippen LogP) is 2.13. The normalized spacial score (nSPS) is 19.4. The summed E-state index contributed by atoms with van der Waals surface area (Å²) < 4.78 is 13.5. The monoisotopic (exact) mass is 225 g/mol. The number of benzene rings is 1. The van der Waals surface area contributed by atoms with Gasteiger partial charge in [-0.2, -0.15) is 0 Å². The Kier molecular flexibility index (Phi) is 2.46. The smallest absolute Gasteiger partial charge is 0.407 e. The summed E-state index contributed by atoms with van der Waals surface area (Å²) in [6.45, 7) is 1.90. The average Bonchev–Trinajstić information content (AvgIpc) is 2.23. The third kappa shape index (κ3) is 1.48. The number of fused-ring (bicyclic) bond motifs is 1. The van der Waals surface area contributed by atoms with E-state index in [1.807, 2.05) is 0 Å². The molecule has 2 N–H and O–H groups in total. The van der Waals surface area contributed by atoms with Gasteiger partial charge in [0.25, 0.3) is 0 Å². The Morgan fingerprint density at radius 3 is 2.88 bits per heavy atom. The highest BCUT2D eigenvalue weighted by Gasteiger charge is 2.31. The van der Waals surface area contributed by atoms with Crippen molar-refractivity contribution in [2.75, 3.05) is 6.54 Å². The Balaban J connectivity index is 2.52. The van der Waals surface area contributed by atoms with Crippen LogP contribution in [0.25, 0.3) is 0 Å². The largest absolute Gasteiger partial charge is 0.508 e. The molecule has 4 nitrogen and oxygen atoms in total.